The summed E-state index contributed by atoms with van der Waals surface area (Å²) < 4.78 is 7.65. The molecule has 4 rings (SSSR count). The number of ether oxygens (including phenoxy) is 1. The van der Waals surface area contributed by atoms with E-state index >= 15 is 0 Å². The van der Waals surface area contributed by atoms with Crippen LogP contribution in [0, 0.1) is 5.92 Å². The fraction of sp³-hybridized carbons (Fsp3) is 0.409. The lowest BCUT2D eigenvalue weighted by Crippen LogP contribution is -2.41. The molecule has 0 saturated carbocycles. The highest BCUT2D eigenvalue weighted by Crippen LogP contribution is 2.23. The Hall–Kier alpha value is -3.09. The topological polar surface area (TPSA) is 71.8 Å². The fourth-order valence-electron chi connectivity index (χ4n) is 3.68. The minimum atomic E-state index is 0.0361. The predicted molar refractivity (Wildman–Crippen MR) is 112 cm³/mol. The van der Waals surface area contributed by atoms with E-state index in [0.717, 1.165) is 48.8 Å². The van der Waals surface area contributed by atoms with Gasteiger partial charge in [0.15, 0.2) is 5.65 Å². The molecule has 1 aliphatic rings. The highest BCUT2D eigenvalue weighted by atomic mass is 16.5. The van der Waals surface area contributed by atoms with Crippen molar-refractivity contribution < 1.29 is 9.53 Å². The van der Waals surface area contributed by atoms with Crippen LogP contribution in [0.5, 0.6) is 5.75 Å². The van der Waals surface area contributed by atoms with E-state index < -0.39 is 0 Å². The van der Waals surface area contributed by atoms with Gasteiger partial charge in [0.1, 0.15) is 5.75 Å². The van der Waals surface area contributed by atoms with E-state index in [0.29, 0.717) is 6.54 Å². The molecule has 0 bridgehead atoms. The zero-order valence-electron chi connectivity index (χ0n) is 16.9. The fourth-order valence-corrected chi connectivity index (χ4v) is 3.68. The molecule has 0 unspecified atom stereocenters. The number of carbonyl (C=O) groups is 1. The predicted octanol–water partition coefficient (Wildman–Crippen LogP) is 3.05. The SMILES string of the molecule is CC(C)Oc1ccc(CNC(=O)C2CCN(c3nnc4ccccn34)CC2)cc1. The van der Waals surface area contributed by atoms with E-state index in [1.807, 2.05) is 66.9 Å². The van der Waals surface area contributed by atoms with Crippen LogP contribution >= 0.6 is 0 Å². The number of nitrogens with one attached hydrogen (secondary N) is 1. The van der Waals surface area contributed by atoms with Crippen LogP contribution in [-0.4, -0.2) is 39.7 Å². The zero-order valence-corrected chi connectivity index (χ0v) is 16.9. The van der Waals surface area contributed by atoms with Gasteiger partial charge in [-0.2, -0.15) is 0 Å². The van der Waals surface area contributed by atoms with Gasteiger partial charge in [-0.25, -0.2) is 0 Å². The Labute approximate surface area is 170 Å². The molecule has 7 heteroatoms. The monoisotopic (exact) mass is 393 g/mol. The summed E-state index contributed by atoms with van der Waals surface area (Å²) >= 11 is 0. The van der Waals surface area contributed by atoms with Crippen molar-refractivity contribution in [2.45, 2.75) is 39.3 Å². The van der Waals surface area contributed by atoms with Crippen LogP contribution in [-0.2, 0) is 11.3 Å². The number of pyridine rings is 1. The van der Waals surface area contributed by atoms with E-state index in [1.54, 1.807) is 0 Å². The molecule has 3 aromatic rings. The molecule has 1 N–H and O–H groups in total. The van der Waals surface area contributed by atoms with Crippen LogP contribution < -0.4 is 15.0 Å². The van der Waals surface area contributed by atoms with E-state index in [-0.39, 0.29) is 17.9 Å². The van der Waals surface area contributed by atoms with Gasteiger partial charge in [0.2, 0.25) is 11.9 Å². The number of hydrogen-bond donors (Lipinski definition) is 1. The third kappa shape index (κ3) is 4.50. The van der Waals surface area contributed by atoms with Gasteiger partial charge in [-0.1, -0.05) is 18.2 Å². The molecular weight excluding hydrogens is 366 g/mol. The minimum Gasteiger partial charge on any atom is -0.491 e. The average molecular weight is 393 g/mol. The van der Waals surface area contributed by atoms with Gasteiger partial charge >= 0.3 is 0 Å². The molecule has 1 fully saturated rings. The normalized spacial score (nSPS) is 15.1. The van der Waals surface area contributed by atoms with E-state index in [4.69, 9.17) is 4.74 Å². The molecule has 2 aromatic heterocycles. The molecule has 3 heterocycles. The van der Waals surface area contributed by atoms with Gasteiger partial charge in [-0.05, 0) is 56.5 Å². The molecular formula is C22H27N5O2. The summed E-state index contributed by atoms with van der Waals surface area (Å²) in [5, 5.41) is 11.6. The first-order valence-corrected chi connectivity index (χ1v) is 10.2. The Morgan fingerprint density at radius 2 is 1.90 bits per heavy atom. The standard InChI is InChI=1S/C22H27N5O2/c1-16(2)29-19-8-6-17(7-9-19)15-23-21(28)18-10-13-26(14-11-18)22-25-24-20-5-3-4-12-27(20)22/h3-9,12,16,18H,10-11,13-15H2,1-2H3,(H,23,28). The van der Waals surface area contributed by atoms with Gasteiger partial charge in [0.05, 0.1) is 6.10 Å². The van der Waals surface area contributed by atoms with Crippen LogP contribution in [0.1, 0.15) is 32.3 Å². The Balaban J connectivity index is 1.28. The molecule has 0 spiro atoms. The van der Waals surface area contributed by atoms with Crippen molar-refractivity contribution >= 4 is 17.5 Å². The number of rotatable bonds is 6. The second-order valence-corrected chi connectivity index (χ2v) is 7.72. The highest BCUT2D eigenvalue weighted by molar-refractivity contribution is 5.79. The molecule has 1 saturated heterocycles. The summed E-state index contributed by atoms with van der Waals surface area (Å²) in [4.78, 5) is 14.8. The minimum absolute atomic E-state index is 0.0361. The first kappa shape index (κ1) is 19.2. The third-order valence-electron chi connectivity index (χ3n) is 5.21. The maximum absolute atomic E-state index is 12.6. The number of nitrogens with zero attached hydrogens (tertiary/aromatic N) is 4. The van der Waals surface area contributed by atoms with Crippen molar-refractivity contribution in [3.8, 4) is 5.75 Å². The Morgan fingerprint density at radius 3 is 2.62 bits per heavy atom. The molecule has 0 atom stereocenters. The van der Waals surface area contributed by atoms with Gasteiger partial charge in [0.25, 0.3) is 0 Å². The Morgan fingerprint density at radius 1 is 1.14 bits per heavy atom. The first-order valence-electron chi connectivity index (χ1n) is 10.2. The van der Waals surface area contributed by atoms with Gasteiger partial charge < -0.3 is 15.0 Å². The number of piperidine rings is 1. The number of amides is 1. The van der Waals surface area contributed by atoms with Crippen molar-refractivity contribution in [2.24, 2.45) is 5.92 Å². The largest absolute Gasteiger partial charge is 0.491 e. The van der Waals surface area contributed by atoms with E-state index in [9.17, 15) is 4.79 Å². The van der Waals surface area contributed by atoms with Crippen molar-refractivity contribution in [1.82, 2.24) is 19.9 Å². The molecule has 29 heavy (non-hydrogen) atoms. The van der Waals surface area contributed by atoms with E-state index in [1.165, 1.54) is 0 Å². The summed E-state index contributed by atoms with van der Waals surface area (Å²) in [7, 11) is 0. The van der Waals surface area contributed by atoms with Crippen LogP contribution in [0.25, 0.3) is 5.65 Å². The second kappa shape index (κ2) is 8.51. The third-order valence-corrected chi connectivity index (χ3v) is 5.21. The lowest BCUT2D eigenvalue weighted by molar-refractivity contribution is -0.125. The maximum Gasteiger partial charge on any atom is 0.231 e. The van der Waals surface area contributed by atoms with Crippen molar-refractivity contribution in [1.29, 1.82) is 0 Å². The van der Waals surface area contributed by atoms with Crippen LogP contribution in [0.4, 0.5) is 5.95 Å². The summed E-state index contributed by atoms with van der Waals surface area (Å²) in [5.74, 6) is 1.86. The molecule has 0 aliphatic carbocycles. The number of carbonyl (C=O) groups excluding carboxylic acids is 1. The summed E-state index contributed by atoms with van der Waals surface area (Å²) in [6, 6.07) is 13.8. The summed E-state index contributed by atoms with van der Waals surface area (Å²) in [6.45, 7) is 6.15. The zero-order chi connectivity index (χ0) is 20.2. The molecule has 0 radical (unpaired) electrons. The average Bonchev–Trinajstić information content (AvgIpc) is 3.17. The summed E-state index contributed by atoms with van der Waals surface area (Å²) in [5.41, 5.74) is 1.91. The molecule has 1 aliphatic heterocycles. The van der Waals surface area contributed by atoms with Crippen molar-refractivity contribution in [3.63, 3.8) is 0 Å². The lowest BCUT2D eigenvalue weighted by atomic mass is 9.96. The lowest BCUT2D eigenvalue weighted by Gasteiger charge is -2.31. The first-order chi connectivity index (χ1) is 14.1. The molecule has 7 nitrogen and oxygen atoms in total. The number of hydrogen-bond acceptors (Lipinski definition) is 5. The summed E-state index contributed by atoms with van der Waals surface area (Å²) in [6.07, 6.45) is 3.76. The quantitative estimate of drug-likeness (QED) is 0.697. The highest BCUT2D eigenvalue weighted by Gasteiger charge is 2.26. The van der Waals surface area contributed by atoms with Crippen LogP contribution in [0.2, 0.25) is 0 Å². The number of benzene rings is 1. The second-order valence-electron chi connectivity index (χ2n) is 7.72. The molecule has 152 valence electrons. The van der Waals surface area contributed by atoms with Gasteiger partial charge in [-0.15, -0.1) is 10.2 Å². The maximum atomic E-state index is 12.6. The number of anilines is 1. The number of aromatic nitrogens is 3. The Kier molecular flexibility index (Phi) is 5.64. The smallest absolute Gasteiger partial charge is 0.231 e. The molecule has 1 amide bonds. The van der Waals surface area contributed by atoms with Gasteiger partial charge in [-0.3, -0.25) is 9.20 Å². The van der Waals surface area contributed by atoms with Crippen LogP contribution in [0.3, 0.4) is 0 Å². The van der Waals surface area contributed by atoms with Gasteiger partial charge in [0, 0.05) is 31.7 Å². The number of fused-ring (bicyclic) bond motifs is 1. The molecule has 1 aromatic carbocycles. The van der Waals surface area contributed by atoms with Crippen molar-refractivity contribution in [2.75, 3.05) is 18.0 Å². The Bertz CT molecular complexity index is 959. The van der Waals surface area contributed by atoms with Crippen LogP contribution in [0.15, 0.2) is 48.7 Å². The van der Waals surface area contributed by atoms with E-state index in [2.05, 4.69) is 20.4 Å². The van der Waals surface area contributed by atoms with Crippen molar-refractivity contribution in [3.05, 3.63) is 54.2 Å².